The van der Waals surface area contributed by atoms with Gasteiger partial charge in [0.25, 0.3) is 0 Å². The number of hydrogen-bond acceptors (Lipinski definition) is 4. The molecule has 1 saturated heterocycles. The van der Waals surface area contributed by atoms with E-state index >= 15 is 0 Å². The number of halogens is 2. The molecule has 1 aromatic carbocycles. The molecule has 5 nitrogen and oxygen atoms in total. The van der Waals surface area contributed by atoms with Crippen LogP contribution < -0.4 is 10.2 Å². The minimum atomic E-state index is -0.276. The van der Waals surface area contributed by atoms with E-state index in [1.807, 2.05) is 6.07 Å². The van der Waals surface area contributed by atoms with Gasteiger partial charge in [-0.15, -0.1) is 0 Å². The second kappa shape index (κ2) is 11.9. The van der Waals surface area contributed by atoms with Gasteiger partial charge in [-0.3, -0.25) is 9.69 Å². The molecule has 0 aromatic heterocycles. The second-order valence-electron chi connectivity index (χ2n) is 8.63. The Bertz CT molecular complexity index is 654. The Morgan fingerprint density at radius 1 is 1.17 bits per heavy atom. The van der Waals surface area contributed by atoms with Gasteiger partial charge in [-0.25, -0.2) is 4.39 Å². The van der Waals surface area contributed by atoms with Gasteiger partial charge in [-0.2, -0.15) is 0 Å². The number of nitrogens with one attached hydrogen (secondary N) is 1. The first kappa shape index (κ1) is 23.3. The fourth-order valence-electron chi connectivity index (χ4n) is 4.59. The van der Waals surface area contributed by atoms with E-state index in [1.54, 1.807) is 13.2 Å². The van der Waals surface area contributed by atoms with Crippen LogP contribution in [0.15, 0.2) is 18.2 Å². The van der Waals surface area contributed by atoms with Crippen LogP contribution in [0, 0.1) is 11.7 Å². The maximum absolute atomic E-state index is 13.6. The van der Waals surface area contributed by atoms with Crippen LogP contribution in [-0.2, 0) is 9.53 Å². The summed E-state index contributed by atoms with van der Waals surface area (Å²) in [7, 11) is 1.67. The molecule has 0 unspecified atom stereocenters. The zero-order valence-electron chi connectivity index (χ0n) is 18.0. The van der Waals surface area contributed by atoms with Gasteiger partial charge in [0.1, 0.15) is 5.82 Å². The fourth-order valence-corrected chi connectivity index (χ4v) is 4.81. The Morgan fingerprint density at radius 3 is 2.57 bits per heavy atom. The number of carbonyl (C=O) groups excluding carboxylic acids is 1. The number of anilines is 1. The van der Waals surface area contributed by atoms with E-state index in [0.29, 0.717) is 24.1 Å². The monoisotopic (exact) mass is 439 g/mol. The summed E-state index contributed by atoms with van der Waals surface area (Å²) in [6, 6.07) is 5.10. The van der Waals surface area contributed by atoms with Crippen molar-refractivity contribution < 1.29 is 13.9 Å². The predicted octanol–water partition coefficient (Wildman–Crippen LogP) is 4.09. The maximum atomic E-state index is 13.6. The summed E-state index contributed by atoms with van der Waals surface area (Å²) in [6.07, 6.45) is 7.15. The van der Waals surface area contributed by atoms with E-state index in [9.17, 15) is 9.18 Å². The van der Waals surface area contributed by atoms with Crippen molar-refractivity contribution in [2.45, 2.75) is 51.0 Å². The molecule has 2 fully saturated rings. The first-order valence-corrected chi connectivity index (χ1v) is 11.6. The van der Waals surface area contributed by atoms with Crippen molar-refractivity contribution in [3.8, 4) is 0 Å². The van der Waals surface area contributed by atoms with Crippen molar-refractivity contribution in [1.29, 1.82) is 0 Å². The van der Waals surface area contributed by atoms with Gasteiger partial charge >= 0.3 is 0 Å². The quantitative estimate of drug-likeness (QED) is 0.588. The van der Waals surface area contributed by atoms with E-state index in [4.69, 9.17) is 16.3 Å². The van der Waals surface area contributed by atoms with E-state index in [1.165, 1.54) is 25.3 Å². The molecule has 0 bridgehead atoms. The fraction of sp³-hybridized carbons (Fsp3) is 0.696. The Morgan fingerprint density at radius 2 is 1.90 bits per heavy atom. The topological polar surface area (TPSA) is 44.8 Å². The smallest absolute Gasteiger partial charge is 0.220 e. The van der Waals surface area contributed by atoms with Crippen molar-refractivity contribution in [2.24, 2.45) is 5.92 Å². The van der Waals surface area contributed by atoms with Crippen LogP contribution in [0.2, 0.25) is 5.02 Å². The molecule has 1 saturated carbocycles. The van der Waals surface area contributed by atoms with Gasteiger partial charge in [0.05, 0.1) is 0 Å². The number of ether oxygens (including phenoxy) is 1. The van der Waals surface area contributed by atoms with Crippen molar-refractivity contribution in [1.82, 2.24) is 10.2 Å². The molecule has 2 aliphatic rings. The van der Waals surface area contributed by atoms with E-state index < -0.39 is 0 Å². The van der Waals surface area contributed by atoms with Crippen LogP contribution in [0.3, 0.4) is 0 Å². The number of piperazine rings is 1. The molecule has 7 heteroatoms. The summed E-state index contributed by atoms with van der Waals surface area (Å²) in [5, 5.41) is 3.64. The molecule has 1 amide bonds. The number of carbonyl (C=O) groups is 1. The largest absolute Gasteiger partial charge is 0.385 e. The number of methoxy groups -OCH3 is 1. The highest BCUT2D eigenvalue weighted by Gasteiger charge is 2.24. The average Bonchev–Trinajstić information content (AvgIpc) is 2.73. The number of benzene rings is 1. The molecule has 1 aliphatic heterocycles. The summed E-state index contributed by atoms with van der Waals surface area (Å²) in [6.45, 7) is 5.58. The molecule has 1 heterocycles. The highest BCUT2D eigenvalue weighted by Crippen LogP contribution is 2.28. The predicted molar refractivity (Wildman–Crippen MR) is 120 cm³/mol. The molecular formula is C23H35ClFN3O2. The Kier molecular flexibility index (Phi) is 9.22. The summed E-state index contributed by atoms with van der Waals surface area (Å²) >= 11 is 5.99. The van der Waals surface area contributed by atoms with Crippen molar-refractivity contribution in [3.63, 3.8) is 0 Å². The highest BCUT2D eigenvalue weighted by atomic mass is 35.5. The van der Waals surface area contributed by atoms with Gasteiger partial charge in [0.15, 0.2) is 0 Å². The van der Waals surface area contributed by atoms with E-state index in [2.05, 4.69) is 15.1 Å². The number of hydrogen-bond donors (Lipinski definition) is 1. The van der Waals surface area contributed by atoms with E-state index in [0.717, 1.165) is 63.6 Å². The van der Waals surface area contributed by atoms with Gasteiger partial charge < -0.3 is 15.0 Å². The number of amides is 1. The lowest BCUT2D eigenvalue weighted by molar-refractivity contribution is -0.122. The SMILES string of the molecule is COCCCC(=O)NC1CCC(CCN2CCN(c3cc(F)cc(Cl)c3)CC2)CC1. The molecule has 30 heavy (non-hydrogen) atoms. The van der Waals surface area contributed by atoms with Gasteiger partial charge in [-0.1, -0.05) is 11.6 Å². The average molecular weight is 440 g/mol. The van der Waals surface area contributed by atoms with Crippen LogP contribution in [0.5, 0.6) is 0 Å². The van der Waals surface area contributed by atoms with Crippen LogP contribution in [0.25, 0.3) is 0 Å². The third-order valence-electron chi connectivity index (χ3n) is 6.40. The van der Waals surface area contributed by atoms with Crippen molar-refractivity contribution in [2.75, 3.05) is 51.3 Å². The lowest BCUT2D eigenvalue weighted by atomic mass is 9.84. The summed E-state index contributed by atoms with van der Waals surface area (Å²) < 4.78 is 18.6. The third kappa shape index (κ3) is 7.40. The Balaban J connectivity index is 1.31. The highest BCUT2D eigenvalue weighted by molar-refractivity contribution is 6.30. The molecule has 1 N–H and O–H groups in total. The summed E-state index contributed by atoms with van der Waals surface area (Å²) in [4.78, 5) is 16.7. The van der Waals surface area contributed by atoms with Gasteiger partial charge in [0, 0.05) is 63.1 Å². The third-order valence-corrected chi connectivity index (χ3v) is 6.62. The van der Waals surface area contributed by atoms with Crippen LogP contribution in [0.1, 0.15) is 44.9 Å². The minimum Gasteiger partial charge on any atom is -0.385 e. The minimum absolute atomic E-state index is 0.160. The molecule has 1 aliphatic carbocycles. The Hall–Kier alpha value is -1.37. The number of rotatable bonds is 9. The molecule has 0 radical (unpaired) electrons. The second-order valence-corrected chi connectivity index (χ2v) is 9.06. The maximum Gasteiger partial charge on any atom is 0.220 e. The van der Waals surface area contributed by atoms with Crippen molar-refractivity contribution >= 4 is 23.2 Å². The molecule has 3 rings (SSSR count). The van der Waals surface area contributed by atoms with Crippen LogP contribution in [0.4, 0.5) is 10.1 Å². The molecule has 0 spiro atoms. The summed E-state index contributed by atoms with van der Waals surface area (Å²) in [5.74, 6) is 0.640. The summed E-state index contributed by atoms with van der Waals surface area (Å²) in [5.41, 5.74) is 0.877. The van der Waals surface area contributed by atoms with Gasteiger partial charge in [0.2, 0.25) is 5.91 Å². The first-order chi connectivity index (χ1) is 14.5. The standard InChI is InChI=1S/C23H35ClFN3O2/c1-30-14-2-3-23(29)26-21-6-4-18(5-7-21)8-9-27-10-12-28(13-11-27)22-16-19(24)15-20(25)17-22/h15-18,21H,2-14H2,1H3,(H,26,29). The van der Waals surface area contributed by atoms with Gasteiger partial charge in [-0.05, 0) is 69.2 Å². The van der Waals surface area contributed by atoms with Crippen molar-refractivity contribution in [3.05, 3.63) is 29.0 Å². The number of nitrogens with zero attached hydrogens (tertiary/aromatic N) is 2. The lowest BCUT2D eigenvalue weighted by Gasteiger charge is -2.37. The van der Waals surface area contributed by atoms with Crippen LogP contribution >= 0.6 is 11.6 Å². The van der Waals surface area contributed by atoms with E-state index in [-0.39, 0.29) is 11.7 Å². The lowest BCUT2D eigenvalue weighted by Crippen LogP contribution is -2.47. The Labute approximate surface area is 184 Å². The molecule has 1 aromatic rings. The van der Waals surface area contributed by atoms with Crippen LogP contribution in [-0.4, -0.2) is 63.3 Å². The zero-order valence-corrected chi connectivity index (χ0v) is 18.8. The molecule has 0 atom stereocenters. The molecular weight excluding hydrogens is 405 g/mol. The zero-order chi connectivity index (χ0) is 21.3. The normalized spacial score (nSPS) is 22.8. The molecule has 168 valence electrons. The first-order valence-electron chi connectivity index (χ1n) is 11.2.